The normalized spacial score (nSPS) is 13.8. The van der Waals surface area contributed by atoms with Gasteiger partial charge in [-0.15, -0.1) is 0 Å². The smallest absolute Gasteiger partial charge is 0.254 e. The maximum Gasteiger partial charge on any atom is 0.254 e. The van der Waals surface area contributed by atoms with Crippen molar-refractivity contribution in [3.05, 3.63) is 89.2 Å². The highest BCUT2D eigenvalue weighted by Crippen LogP contribution is 2.29. The first-order valence-electron chi connectivity index (χ1n) is 11.7. The van der Waals surface area contributed by atoms with Gasteiger partial charge in [0.1, 0.15) is 11.6 Å². The molecule has 1 aliphatic heterocycles. The van der Waals surface area contributed by atoms with Crippen molar-refractivity contribution in [3.8, 4) is 17.0 Å². The maximum atomic E-state index is 14.2. The fourth-order valence-corrected chi connectivity index (χ4v) is 4.61. The largest absolute Gasteiger partial charge is 0.494 e. The van der Waals surface area contributed by atoms with Gasteiger partial charge < -0.3 is 14.5 Å². The minimum atomic E-state index is -0.248. The van der Waals surface area contributed by atoms with Crippen LogP contribution in [0.1, 0.15) is 17.3 Å². The van der Waals surface area contributed by atoms with Crippen LogP contribution >= 0.6 is 11.6 Å². The van der Waals surface area contributed by atoms with Gasteiger partial charge in [0.2, 0.25) is 0 Å². The van der Waals surface area contributed by atoms with Gasteiger partial charge >= 0.3 is 0 Å². The average Bonchev–Trinajstić information content (AvgIpc) is 2.89. The Bertz CT molecular complexity index is 1370. The first-order chi connectivity index (χ1) is 17.0. The lowest BCUT2D eigenvalue weighted by atomic mass is 10.0. The SMILES string of the molecule is CCOc1ccc(-c2cc(C(=O)N3CCN(c4ccccc4F)CC3)c3cc(Cl)ccc3n2)cc1. The highest BCUT2D eigenvalue weighted by Gasteiger charge is 2.25. The summed E-state index contributed by atoms with van der Waals surface area (Å²) in [4.78, 5) is 22.3. The van der Waals surface area contributed by atoms with Gasteiger partial charge in [-0.25, -0.2) is 9.37 Å². The van der Waals surface area contributed by atoms with Gasteiger partial charge in [0, 0.05) is 42.2 Å². The van der Waals surface area contributed by atoms with Gasteiger partial charge in [-0.05, 0) is 67.6 Å². The van der Waals surface area contributed by atoms with Crippen LogP contribution < -0.4 is 9.64 Å². The van der Waals surface area contributed by atoms with E-state index in [2.05, 4.69) is 0 Å². The topological polar surface area (TPSA) is 45.7 Å². The Morgan fingerprint density at radius 3 is 2.46 bits per heavy atom. The number of carbonyl (C=O) groups is 1. The van der Waals surface area contributed by atoms with Crippen molar-refractivity contribution < 1.29 is 13.9 Å². The number of ether oxygens (including phenoxy) is 1. The Hall–Kier alpha value is -3.64. The number of rotatable bonds is 5. The second-order valence-electron chi connectivity index (χ2n) is 8.40. The van der Waals surface area contributed by atoms with Crippen LogP contribution in [0.25, 0.3) is 22.2 Å². The monoisotopic (exact) mass is 489 g/mol. The van der Waals surface area contributed by atoms with E-state index in [-0.39, 0.29) is 11.7 Å². The zero-order valence-electron chi connectivity index (χ0n) is 19.4. The minimum Gasteiger partial charge on any atom is -0.494 e. The lowest BCUT2D eigenvalue weighted by Gasteiger charge is -2.36. The molecule has 35 heavy (non-hydrogen) atoms. The molecule has 1 aromatic heterocycles. The number of benzene rings is 3. The van der Waals surface area contributed by atoms with Gasteiger partial charge in [-0.1, -0.05) is 23.7 Å². The molecule has 2 heterocycles. The van der Waals surface area contributed by atoms with Crippen molar-refractivity contribution in [2.45, 2.75) is 6.92 Å². The molecule has 5 nitrogen and oxygen atoms in total. The number of nitrogens with zero attached hydrogens (tertiary/aromatic N) is 3. The summed E-state index contributed by atoms with van der Waals surface area (Å²) in [6, 6.07) is 21.7. The first-order valence-corrected chi connectivity index (χ1v) is 12.0. The molecule has 0 bridgehead atoms. The minimum absolute atomic E-state index is 0.0833. The highest BCUT2D eigenvalue weighted by atomic mass is 35.5. The maximum absolute atomic E-state index is 14.2. The molecule has 178 valence electrons. The predicted octanol–water partition coefficient (Wildman–Crippen LogP) is 6.06. The third kappa shape index (κ3) is 4.80. The van der Waals surface area contributed by atoms with E-state index in [0.29, 0.717) is 65.7 Å². The molecule has 1 saturated heterocycles. The molecule has 1 aliphatic rings. The van der Waals surface area contributed by atoms with E-state index in [0.717, 1.165) is 11.3 Å². The number of piperazine rings is 1. The zero-order chi connectivity index (χ0) is 24.4. The quantitative estimate of drug-likeness (QED) is 0.342. The standard InChI is InChI=1S/C28H25ClFN3O2/c1-2-35-21-10-7-19(8-11-21)26-18-23(22-17-20(29)9-12-25(22)31-26)28(34)33-15-13-32(14-16-33)27-6-4-3-5-24(27)30/h3-12,17-18H,2,13-16H2,1H3. The number of anilines is 1. The van der Waals surface area contributed by atoms with E-state index in [4.69, 9.17) is 21.3 Å². The average molecular weight is 490 g/mol. The van der Waals surface area contributed by atoms with E-state index in [1.807, 2.05) is 59.2 Å². The number of fused-ring (bicyclic) bond motifs is 1. The summed E-state index contributed by atoms with van der Waals surface area (Å²) in [5, 5.41) is 1.26. The Morgan fingerprint density at radius 1 is 1.00 bits per heavy atom. The number of hydrogen-bond acceptors (Lipinski definition) is 4. The van der Waals surface area contributed by atoms with Crippen molar-refractivity contribution in [1.82, 2.24) is 9.88 Å². The lowest BCUT2D eigenvalue weighted by molar-refractivity contribution is 0.0748. The molecule has 1 fully saturated rings. The fourth-order valence-electron chi connectivity index (χ4n) is 4.44. The molecular weight excluding hydrogens is 465 g/mol. The molecule has 0 atom stereocenters. The van der Waals surface area contributed by atoms with E-state index >= 15 is 0 Å². The molecule has 7 heteroatoms. The number of aromatic nitrogens is 1. The number of halogens is 2. The lowest BCUT2D eigenvalue weighted by Crippen LogP contribution is -2.49. The number of hydrogen-bond donors (Lipinski definition) is 0. The molecule has 1 amide bonds. The molecule has 3 aromatic carbocycles. The summed E-state index contributed by atoms with van der Waals surface area (Å²) in [5.74, 6) is 0.454. The Morgan fingerprint density at radius 2 is 1.74 bits per heavy atom. The molecule has 0 radical (unpaired) electrons. The zero-order valence-corrected chi connectivity index (χ0v) is 20.1. The summed E-state index contributed by atoms with van der Waals surface area (Å²) in [7, 11) is 0. The molecule has 0 unspecified atom stereocenters. The first kappa shape index (κ1) is 23.1. The fraction of sp³-hybridized carbons (Fsp3) is 0.214. The van der Waals surface area contributed by atoms with Crippen LogP contribution in [-0.2, 0) is 0 Å². The predicted molar refractivity (Wildman–Crippen MR) is 138 cm³/mol. The van der Waals surface area contributed by atoms with Crippen molar-refractivity contribution in [2.24, 2.45) is 0 Å². The summed E-state index contributed by atoms with van der Waals surface area (Å²) in [5.41, 5.74) is 3.42. The summed E-state index contributed by atoms with van der Waals surface area (Å²) < 4.78 is 19.8. The summed E-state index contributed by atoms with van der Waals surface area (Å²) in [6.07, 6.45) is 0. The van der Waals surface area contributed by atoms with Crippen molar-refractivity contribution in [1.29, 1.82) is 0 Å². The van der Waals surface area contributed by atoms with E-state index in [9.17, 15) is 9.18 Å². The molecule has 0 aliphatic carbocycles. The van der Waals surface area contributed by atoms with Crippen LogP contribution in [0.15, 0.2) is 72.8 Å². The van der Waals surface area contributed by atoms with Gasteiger partial charge in [-0.3, -0.25) is 4.79 Å². The number of para-hydroxylation sites is 1. The van der Waals surface area contributed by atoms with Gasteiger partial charge in [0.25, 0.3) is 5.91 Å². The van der Waals surface area contributed by atoms with E-state index < -0.39 is 0 Å². The third-order valence-corrected chi connectivity index (χ3v) is 6.46. The van der Waals surface area contributed by atoms with Crippen LogP contribution in [0, 0.1) is 5.82 Å². The Kier molecular flexibility index (Phi) is 6.55. The van der Waals surface area contributed by atoms with E-state index in [1.165, 1.54) is 6.07 Å². The Labute approximate surface area is 208 Å². The van der Waals surface area contributed by atoms with Crippen LogP contribution in [0.4, 0.5) is 10.1 Å². The highest BCUT2D eigenvalue weighted by molar-refractivity contribution is 6.31. The third-order valence-electron chi connectivity index (χ3n) is 6.22. The molecule has 0 spiro atoms. The van der Waals surface area contributed by atoms with E-state index in [1.54, 1.807) is 24.3 Å². The van der Waals surface area contributed by atoms with Crippen LogP contribution in [0.2, 0.25) is 5.02 Å². The second kappa shape index (κ2) is 9.92. The summed E-state index contributed by atoms with van der Waals surface area (Å²) in [6.45, 7) is 4.64. The van der Waals surface area contributed by atoms with Crippen molar-refractivity contribution >= 4 is 34.1 Å². The Balaban J connectivity index is 1.45. The van der Waals surface area contributed by atoms with Crippen LogP contribution in [-0.4, -0.2) is 48.6 Å². The molecule has 4 aromatic rings. The van der Waals surface area contributed by atoms with Gasteiger partial charge in [0.05, 0.1) is 29.1 Å². The van der Waals surface area contributed by atoms with Crippen LogP contribution in [0.3, 0.4) is 0 Å². The molecule has 0 N–H and O–H groups in total. The van der Waals surface area contributed by atoms with Crippen molar-refractivity contribution in [2.75, 3.05) is 37.7 Å². The number of carbonyl (C=O) groups excluding carboxylic acids is 1. The molecular formula is C28H25ClFN3O2. The number of pyridine rings is 1. The molecule has 0 saturated carbocycles. The molecule has 5 rings (SSSR count). The summed E-state index contributed by atoms with van der Waals surface area (Å²) >= 11 is 6.28. The van der Waals surface area contributed by atoms with Gasteiger partial charge in [0.15, 0.2) is 0 Å². The van der Waals surface area contributed by atoms with Gasteiger partial charge in [-0.2, -0.15) is 0 Å². The second-order valence-corrected chi connectivity index (χ2v) is 8.84. The van der Waals surface area contributed by atoms with Crippen LogP contribution in [0.5, 0.6) is 5.75 Å². The van der Waals surface area contributed by atoms with Crippen molar-refractivity contribution in [3.63, 3.8) is 0 Å². The number of amides is 1.